The quantitative estimate of drug-likeness (QED) is 0.318. The number of morpholine rings is 1. The number of carbonyl (C=O) groups is 1. The van der Waals surface area contributed by atoms with E-state index in [-0.39, 0.29) is 52.0 Å². The van der Waals surface area contributed by atoms with Gasteiger partial charge in [-0.25, -0.2) is 4.98 Å². The number of imidazole rings is 1. The third-order valence-electron chi connectivity index (χ3n) is 16.5. The van der Waals surface area contributed by atoms with Gasteiger partial charge in [-0.3, -0.25) is 9.69 Å². The molecular weight excluding hydrogens is 634 g/mol. The average molecular weight is 698 g/mol. The van der Waals surface area contributed by atoms with E-state index in [2.05, 4.69) is 49.5 Å². The maximum absolute atomic E-state index is 12.6. The van der Waals surface area contributed by atoms with Gasteiger partial charge in [-0.1, -0.05) is 34.6 Å². The zero-order valence-electron chi connectivity index (χ0n) is 31.7. The van der Waals surface area contributed by atoms with Crippen LogP contribution in [0.3, 0.4) is 0 Å². The number of aromatic amines is 1. The van der Waals surface area contributed by atoms with Crippen LogP contribution in [0.15, 0.2) is 12.4 Å². The molecule has 10 heteroatoms. The highest BCUT2D eigenvalue weighted by atomic mass is 16.7. The first kappa shape index (κ1) is 35.5. The number of aliphatic hydroxyl groups excluding tert-OH is 1. The Kier molecular flexibility index (Phi) is 8.31. The molecule has 3 heterocycles. The molecule has 0 radical (unpaired) electrons. The molecule has 0 amide bonds. The lowest BCUT2D eigenvalue weighted by Crippen LogP contribution is -2.60. The normalized spacial score (nSPS) is 48.7. The van der Waals surface area contributed by atoms with Crippen molar-refractivity contribution in [2.75, 3.05) is 19.7 Å². The predicted octanol–water partition coefficient (Wildman–Crippen LogP) is 5.47. The van der Waals surface area contributed by atoms with Gasteiger partial charge in [0.1, 0.15) is 5.82 Å². The van der Waals surface area contributed by atoms with Gasteiger partial charge >= 0.3 is 5.97 Å². The third kappa shape index (κ3) is 4.93. The highest BCUT2D eigenvalue weighted by Gasteiger charge is 2.84. The van der Waals surface area contributed by atoms with Crippen molar-refractivity contribution in [1.82, 2.24) is 14.9 Å². The third-order valence-corrected chi connectivity index (χ3v) is 16.5. The molecule has 280 valence electrons. The summed E-state index contributed by atoms with van der Waals surface area (Å²) in [6, 6.07) is 0. The zero-order chi connectivity index (χ0) is 35.6. The van der Waals surface area contributed by atoms with Crippen LogP contribution in [0.5, 0.6) is 0 Å². The van der Waals surface area contributed by atoms with Gasteiger partial charge in [0, 0.05) is 31.3 Å². The second-order valence-corrected chi connectivity index (χ2v) is 19.4. The van der Waals surface area contributed by atoms with Crippen LogP contribution < -0.4 is 0 Å². The van der Waals surface area contributed by atoms with E-state index < -0.39 is 29.9 Å². The summed E-state index contributed by atoms with van der Waals surface area (Å²) >= 11 is 0. The number of H-pyrrole nitrogens is 1. The molecule has 1 aromatic rings. The number of fused-ring (bicyclic) bond motifs is 4. The van der Waals surface area contributed by atoms with Crippen molar-refractivity contribution in [3.8, 4) is 0 Å². The average Bonchev–Trinajstić information content (AvgIpc) is 3.33. The highest BCUT2D eigenvalue weighted by Crippen LogP contribution is 2.89. The van der Waals surface area contributed by atoms with Crippen LogP contribution in [-0.2, 0) is 30.3 Å². The van der Waals surface area contributed by atoms with Gasteiger partial charge in [-0.15, -0.1) is 0 Å². The molecule has 5 saturated carbocycles. The second-order valence-electron chi connectivity index (χ2n) is 19.4. The molecule has 4 unspecified atom stereocenters. The molecule has 5 aliphatic carbocycles. The van der Waals surface area contributed by atoms with Crippen LogP contribution >= 0.6 is 0 Å². The van der Waals surface area contributed by atoms with E-state index in [1.165, 1.54) is 26.2 Å². The predicted molar refractivity (Wildman–Crippen MR) is 186 cm³/mol. The fourth-order valence-electron chi connectivity index (χ4n) is 14.3. The molecule has 50 heavy (non-hydrogen) atoms. The van der Waals surface area contributed by atoms with Gasteiger partial charge in [0.25, 0.3) is 0 Å². The lowest BCUT2D eigenvalue weighted by molar-refractivity contribution is -0.249. The zero-order valence-corrected chi connectivity index (χ0v) is 31.7. The van der Waals surface area contributed by atoms with Crippen molar-refractivity contribution in [3.05, 3.63) is 18.2 Å². The summed E-state index contributed by atoms with van der Waals surface area (Å²) in [5.41, 5.74) is -1.03. The number of hydrogen-bond donors (Lipinski definition) is 3. The topological polar surface area (TPSA) is 126 Å². The number of aliphatic hydroxyl groups is 2. The maximum Gasteiger partial charge on any atom is 0.303 e. The minimum Gasteiger partial charge on any atom is -0.457 e. The largest absolute Gasteiger partial charge is 0.457 e. The fraction of sp³-hybridized carbons (Fsp3) is 0.900. The van der Waals surface area contributed by atoms with Crippen LogP contribution in [0.25, 0.3) is 0 Å². The van der Waals surface area contributed by atoms with E-state index in [1.54, 1.807) is 13.8 Å². The molecule has 8 rings (SSSR count). The van der Waals surface area contributed by atoms with Gasteiger partial charge in [0.15, 0.2) is 12.4 Å². The summed E-state index contributed by atoms with van der Waals surface area (Å²) in [6.07, 6.45) is 10.2. The minimum atomic E-state index is -1.26. The second kappa shape index (κ2) is 11.7. The minimum absolute atomic E-state index is 0.0248. The molecule has 0 bridgehead atoms. The summed E-state index contributed by atoms with van der Waals surface area (Å²) < 4.78 is 25.7. The van der Waals surface area contributed by atoms with Gasteiger partial charge in [0.2, 0.25) is 0 Å². The van der Waals surface area contributed by atoms with Gasteiger partial charge < -0.3 is 34.1 Å². The molecule has 7 fully saturated rings. The number of aromatic nitrogens is 2. The summed E-state index contributed by atoms with van der Waals surface area (Å²) in [4.78, 5) is 22.1. The number of ether oxygens (including phenoxy) is 4. The molecule has 14 atom stereocenters. The molecule has 3 N–H and O–H groups in total. The Bertz CT molecular complexity index is 1450. The van der Waals surface area contributed by atoms with Crippen LogP contribution in [0, 0.1) is 50.7 Å². The van der Waals surface area contributed by atoms with Gasteiger partial charge in [0.05, 0.1) is 49.7 Å². The number of carbonyl (C=O) groups excluding carboxylic acids is 1. The molecule has 2 saturated heterocycles. The molecule has 1 aromatic heterocycles. The Hall–Kier alpha value is -1.56. The van der Waals surface area contributed by atoms with Crippen LogP contribution in [0.1, 0.15) is 113 Å². The molecule has 10 nitrogen and oxygen atoms in total. The highest BCUT2D eigenvalue weighted by molar-refractivity contribution is 5.66. The number of nitrogens with one attached hydrogen (secondary N) is 1. The Balaban J connectivity index is 1.01. The number of esters is 1. The Labute approximate surface area is 298 Å². The summed E-state index contributed by atoms with van der Waals surface area (Å²) in [7, 11) is 0. The van der Waals surface area contributed by atoms with E-state index in [9.17, 15) is 15.0 Å². The van der Waals surface area contributed by atoms with E-state index in [1.807, 2.05) is 12.4 Å². The molecule has 0 aromatic carbocycles. The summed E-state index contributed by atoms with van der Waals surface area (Å²) in [5, 5.41) is 23.7. The Morgan fingerprint density at radius 2 is 1.88 bits per heavy atom. The van der Waals surface area contributed by atoms with E-state index in [4.69, 9.17) is 18.9 Å². The fourth-order valence-corrected chi connectivity index (χ4v) is 14.3. The lowest BCUT2D eigenvalue weighted by Gasteiger charge is -2.64. The van der Waals surface area contributed by atoms with E-state index in [0.717, 1.165) is 51.1 Å². The van der Waals surface area contributed by atoms with E-state index in [0.29, 0.717) is 30.3 Å². The van der Waals surface area contributed by atoms with Gasteiger partial charge in [-0.2, -0.15) is 0 Å². The first-order valence-electron chi connectivity index (χ1n) is 19.7. The standard InChI is InChI=1S/C40H63N3O7/c1-23-19-25(34(36(5,6)46)48-24(2)44)49-32-31(23)37(7)13-14-40-22-39(40)12-11-28(35(3,4)26(39)9-10-27(40)38(37,8)33(32)45)50-30-21-43(17-18-47-30)20-29-41-15-16-42-29/h15-16,23,25-28,30-34,45-46H,9-14,17-22H2,1-8H3,(H,41,42)/t23-,25?,26+,27?,28+,30+,31+,32?,33+,34+,37-,38-,39-,40?/m1/s1. The molecular formula is C40H63N3O7. The monoisotopic (exact) mass is 697 g/mol. The Morgan fingerprint density at radius 1 is 1.14 bits per heavy atom. The molecule has 2 spiro atoms. The first-order valence-corrected chi connectivity index (χ1v) is 19.7. The first-order chi connectivity index (χ1) is 23.5. The number of rotatable bonds is 7. The SMILES string of the molecule is CC(=O)O[C@@H](C1C[C@@H](C)[C@H]2C(O1)[C@H](O)[C@@]1(C)C3CC[C@H]4C(C)(C)[C@@H](O[C@H]5CN(Cc6ncc[nH]6)CCO5)CC[C@@]45CC35CC[C@]21C)C(C)(C)O. The van der Waals surface area contributed by atoms with Crippen LogP contribution in [0.4, 0.5) is 0 Å². The smallest absolute Gasteiger partial charge is 0.303 e. The van der Waals surface area contributed by atoms with Crippen molar-refractivity contribution in [3.63, 3.8) is 0 Å². The van der Waals surface area contributed by atoms with Crippen molar-refractivity contribution >= 4 is 5.97 Å². The van der Waals surface area contributed by atoms with Crippen LogP contribution in [-0.4, -0.2) is 93.2 Å². The maximum atomic E-state index is 12.6. The van der Waals surface area contributed by atoms with Gasteiger partial charge in [-0.05, 0) is 111 Å². The van der Waals surface area contributed by atoms with Crippen molar-refractivity contribution in [2.24, 2.45) is 50.7 Å². The summed E-state index contributed by atoms with van der Waals surface area (Å²) in [6.45, 7) is 19.9. The Morgan fingerprint density at radius 3 is 2.58 bits per heavy atom. The number of nitrogens with zero attached hydrogens (tertiary/aromatic N) is 2. The van der Waals surface area contributed by atoms with E-state index >= 15 is 0 Å². The lowest BCUT2D eigenvalue weighted by atomic mass is 9.41. The van der Waals surface area contributed by atoms with Crippen LogP contribution in [0.2, 0.25) is 0 Å². The molecule has 2 aliphatic heterocycles. The van der Waals surface area contributed by atoms with Crippen molar-refractivity contribution in [1.29, 1.82) is 0 Å². The summed E-state index contributed by atoms with van der Waals surface area (Å²) in [5.74, 6) is 2.05. The van der Waals surface area contributed by atoms with Crippen molar-refractivity contribution < 1.29 is 34.0 Å². The number of hydrogen-bond acceptors (Lipinski definition) is 9. The van der Waals surface area contributed by atoms with Crippen molar-refractivity contribution in [2.45, 2.75) is 156 Å². The molecule has 7 aliphatic rings.